The van der Waals surface area contributed by atoms with Gasteiger partial charge in [0.25, 0.3) is 15.9 Å². The second kappa shape index (κ2) is 14.4. The van der Waals surface area contributed by atoms with Crippen molar-refractivity contribution < 1.29 is 22.7 Å². The lowest BCUT2D eigenvalue weighted by molar-refractivity contribution is -0.119. The summed E-state index contributed by atoms with van der Waals surface area (Å²) >= 11 is 18.4. The molecule has 4 rings (SSSR count). The summed E-state index contributed by atoms with van der Waals surface area (Å²) in [6.45, 7) is 1.97. The van der Waals surface area contributed by atoms with Gasteiger partial charge in [-0.25, -0.2) is 13.8 Å². The van der Waals surface area contributed by atoms with Crippen molar-refractivity contribution in [1.82, 2.24) is 5.43 Å². The number of ether oxygens (including phenoxy) is 2. The highest BCUT2D eigenvalue weighted by Gasteiger charge is 2.28. The molecular weight excluding hydrogens is 621 g/mol. The van der Waals surface area contributed by atoms with E-state index in [4.69, 9.17) is 44.3 Å². The highest BCUT2D eigenvalue weighted by Crippen LogP contribution is 2.33. The first-order chi connectivity index (χ1) is 20.2. The Kier molecular flexibility index (Phi) is 10.7. The van der Waals surface area contributed by atoms with Crippen molar-refractivity contribution in [1.29, 1.82) is 0 Å². The van der Waals surface area contributed by atoms with Crippen LogP contribution in [0.3, 0.4) is 0 Å². The standard InChI is InChI=1S/C30H26Cl3N3O5S/c1-2-40-29-16-21(11-14-28(29)41-20-22-7-6-8-23(31)15-22)18-34-35-30(37)19-36(27-13-12-24(32)17-26(27)33)42(38,39)25-9-4-3-5-10-25/h3-18H,2,19-20H2,1H3,(H,35,37)/b34-18-. The fourth-order valence-electron chi connectivity index (χ4n) is 3.83. The summed E-state index contributed by atoms with van der Waals surface area (Å²) in [7, 11) is -4.15. The van der Waals surface area contributed by atoms with E-state index in [-0.39, 0.29) is 15.6 Å². The van der Waals surface area contributed by atoms with Crippen LogP contribution in [0, 0.1) is 0 Å². The summed E-state index contributed by atoms with van der Waals surface area (Å²) in [6, 6.07) is 24.6. The van der Waals surface area contributed by atoms with E-state index in [0.29, 0.717) is 40.3 Å². The minimum absolute atomic E-state index is 0.00607. The van der Waals surface area contributed by atoms with Crippen molar-refractivity contribution in [2.24, 2.45) is 5.10 Å². The molecule has 0 heterocycles. The molecule has 0 aliphatic heterocycles. The van der Waals surface area contributed by atoms with Gasteiger partial charge in [-0.3, -0.25) is 9.10 Å². The molecule has 0 saturated carbocycles. The highest BCUT2D eigenvalue weighted by atomic mass is 35.5. The SMILES string of the molecule is CCOc1cc(/C=N\NC(=O)CN(c2ccc(Cl)cc2Cl)S(=O)(=O)c2ccccc2)ccc1OCc1cccc(Cl)c1. The molecule has 0 spiro atoms. The number of benzene rings is 4. The molecule has 0 aliphatic rings. The number of hydrogen-bond acceptors (Lipinski definition) is 6. The fourth-order valence-corrected chi connectivity index (χ4v) is 6.06. The first-order valence-corrected chi connectivity index (χ1v) is 15.2. The van der Waals surface area contributed by atoms with Gasteiger partial charge >= 0.3 is 0 Å². The van der Waals surface area contributed by atoms with Crippen molar-refractivity contribution >= 4 is 62.6 Å². The van der Waals surface area contributed by atoms with Crippen LogP contribution in [0.4, 0.5) is 5.69 Å². The van der Waals surface area contributed by atoms with Gasteiger partial charge in [0.05, 0.1) is 28.4 Å². The van der Waals surface area contributed by atoms with E-state index in [1.807, 2.05) is 25.1 Å². The van der Waals surface area contributed by atoms with Gasteiger partial charge in [-0.2, -0.15) is 5.10 Å². The zero-order chi connectivity index (χ0) is 30.1. The number of hydrazone groups is 1. The summed E-state index contributed by atoms with van der Waals surface area (Å²) in [5.41, 5.74) is 3.99. The molecule has 1 amide bonds. The molecule has 0 atom stereocenters. The number of hydrogen-bond donors (Lipinski definition) is 1. The van der Waals surface area contributed by atoms with Crippen molar-refractivity contribution in [3.8, 4) is 11.5 Å². The number of halogens is 3. The van der Waals surface area contributed by atoms with Crippen LogP contribution >= 0.6 is 34.8 Å². The maximum atomic E-state index is 13.5. The zero-order valence-corrected chi connectivity index (χ0v) is 25.4. The fraction of sp³-hybridized carbons (Fsp3) is 0.133. The summed E-state index contributed by atoms with van der Waals surface area (Å²) in [6.07, 6.45) is 1.41. The number of amides is 1. The summed E-state index contributed by atoms with van der Waals surface area (Å²) in [5, 5.41) is 5.01. The summed E-state index contributed by atoms with van der Waals surface area (Å²) in [5.74, 6) is 0.329. The average molecular weight is 647 g/mol. The number of nitrogens with zero attached hydrogens (tertiary/aromatic N) is 2. The van der Waals surface area contributed by atoms with Crippen LogP contribution in [0.2, 0.25) is 15.1 Å². The maximum Gasteiger partial charge on any atom is 0.264 e. The van der Waals surface area contributed by atoms with Gasteiger partial charge in [0, 0.05) is 10.0 Å². The van der Waals surface area contributed by atoms with Crippen LogP contribution in [0.5, 0.6) is 11.5 Å². The Hall–Kier alpha value is -3.76. The minimum Gasteiger partial charge on any atom is -0.490 e. The Morgan fingerprint density at radius 2 is 1.64 bits per heavy atom. The third kappa shape index (κ3) is 8.17. The molecule has 0 saturated heterocycles. The van der Waals surface area contributed by atoms with Gasteiger partial charge in [0.15, 0.2) is 11.5 Å². The van der Waals surface area contributed by atoms with Crippen LogP contribution < -0.4 is 19.2 Å². The van der Waals surface area contributed by atoms with Crippen molar-refractivity contribution in [3.63, 3.8) is 0 Å². The predicted octanol–water partition coefficient (Wildman–Crippen LogP) is 6.97. The van der Waals surface area contributed by atoms with Crippen molar-refractivity contribution in [2.75, 3.05) is 17.5 Å². The topological polar surface area (TPSA) is 97.3 Å². The van der Waals surface area contributed by atoms with E-state index in [1.54, 1.807) is 42.5 Å². The molecule has 0 unspecified atom stereocenters. The molecule has 0 aromatic heterocycles. The molecule has 0 aliphatic carbocycles. The molecule has 42 heavy (non-hydrogen) atoms. The zero-order valence-electron chi connectivity index (χ0n) is 22.3. The van der Waals surface area contributed by atoms with Crippen LogP contribution in [0.15, 0.2) is 101 Å². The second-order valence-electron chi connectivity index (χ2n) is 8.77. The van der Waals surface area contributed by atoms with Crippen LogP contribution in [0.25, 0.3) is 0 Å². The molecule has 8 nitrogen and oxygen atoms in total. The molecular formula is C30H26Cl3N3O5S. The van der Waals surface area contributed by atoms with Crippen LogP contribution in [-0.4, -0.2) is 33.7 Å². The van der Waals surface area contributed by atoms with E-state index in [2.05, 4.69) is 10.5 Å². The highest BCUT2D eigenvalue weighted by molar-refractivity contribution is 7.92. The normalized spacial score (nSPS) is 11.3. The number of carbonyl (C=O) groups is 1. The number of anilines is 1. The summed E-state index contributed by atoms with van der Waals surface area (Å²) < 4.78 is 39.5. The smallest absolute Gasteiger partial charge is 0.264 e. The van der Waals surface area contributed by atoms with Gasteiger partial charge < -0.3 is 9.47 Å². The summed E-state index contributed by atoms with van der Waals surface area (Å²) in [4.78, 5) is 12.9. The molecule has 0 radical (unpaired) electrons. The largest absolute Gasteiger partial charge is 0.490 e. The van der Waals surface area contributed by atoms with E-state index in [1.165, 1.54) is 36.5 Å². The lowest BCUT2D eigenvalue weighted by Crippen LogP contribution is -2.39. The van der Waals surface area contributed by atoms with Gasteiger partial charge in [-0.1, -0.05) is 65.1 Å². The van der Waals surface area contributed by atoms with Crippen molar-refractivity contribution in [3.05, 3.63) is 117 Å². The Morgan fingerprint density at radius 1 is 0.881 bits per heavy atom. The van der Waals surface area contributed by atoms with E-state index in [9.17, 15) is 13.2 Å². The second-order valence-corrected chi connectivity index (χ2v) is 11.9. The molecule has 4 aromatic rings. The lowest BCUT2D eigenvalue weighted by atomic mass is 10.2. The van der Waals surface area contributed by atoms with E-state index < -0.39 is 22.5 Å². The van der Waals surface area contributed by atoms with Crippen LogP contribution in [0.1, 0.15) is 18.1 Å². The molecule has 4 aromatic carbocycles. The number of sulfonamides is 1. The first-order valence-electron chi connectivity index (χ1n) is 12.7. The number of carbonyl (C=O) groups excluding carboxylic acids is 1. The van der Waals surface area contributed by atoms with Gasteiger partial charge in [0.2, 0.25) is 0 Å². The Morgan fingerprint density at radius 3 is 2.36 bits per heavy atom. The minimum atomic E-state index is -4.15. The average Bonchev–Trinajstić information content (AvgIpc) is 2.96. The van der Waals surface area contributed by atoms with Crippen molar-refractivity contribution in [2.45, 2.75) is 18.4 Å². The predicted molar refractivity (Wildman–Crippen MR) is 167 cm³/mol. The lowest BCUT2D eigenvalue weighted by Gasteiger charge is -2.24. The maximum absolute atomic E-state index is 13.5. The Balaban J connectivity index is 1.48. The third-order valence-electron chi connectivity index (χ3n) is 5.75. The first kappa shape index (κ1) is 31.2. The number of rotatable bonds is 12. The molecule has 1 N–H and O–H groups in total. The molecule has 0 fully saturated rings. The van der Waals surface area contributed by atoms with E-state index in [0.717, 1.165) is 9.87 Å². The third-order valence-corrected chi connectivity index (χ3v) is 8.30. The molecule has 12 heteroatoms. The Bertz CT molecular complexity index is 1690. The van der Waals surface area contributed by atoms with Gasteiger partial charge in [0.1, 0.15) is 13.2 Å². The quantitative estimate of drug-likeness (QED) is 0.132. The monoisotopic (exact) mass is 645 g/mol. The molecule has 0 bridgehead atoms. The van der Waals surface area contributed by atoms with E-state index >= 15 is 0 Å². The van der Waals surface area contributed by atoms with Gasteiger partial charge in [-0.15, -0.1) is 0 Å². The van der Waals surface area contributed by atoms with Gasteiger partial charge in [-0.05, 0) is 78.7 Å². The molecule has 218 valence electrons. The number of nitrogens with one attached hydrogen (secondary N) is 1. The van der Waals surface area contributed by atoms with Crippen LogP contribution in [-0.2, 0) is 21.4 Å². The Labute approximate surface area is 259 Å².